The summed E-state index contributed by atoms with van der Waals surface area (Å²) < 4.78 is 8.26. The van der Waals surface area contributed by atoms with E-state index >= 15 is 0 Å². The maximum atomic E-state index is 4.94. The topological polar surface area (TPSA) is 82.7 Å². The number of aryl methyl sites for hydroxylation is 1. The van der Waals surface area contributed by atoms with Gasteiger partial charge in [-0.05, 0) is 10.4 Å². The third-order valence-electron chi connectivity index (χ3n) is 2.22. The monoisotopic (exact) mass is 237 g/mol. The highest BCUT2D eigenvalue weighted by Crippen LogP contribution is 2.03. The second kappa shape index (κ2) is 5.51. The number of hydrogen-bond acceptors (Lipinski definition) is 6. The third kappa shape index (κ3) is 2.86. The van der Waals surface area contributed by atoms with Gasteiger partial charge in [0.2, 0.25) is 0 Å². The summed E-state index contributed by atoms with van der Waals surface area (Å²) in [4.78, 5) is 0. The predicted octanol–water partition coefficient (Wildman–Crippen LogP) is -0.868. The maximum Gasteiger partial charge on any atom is 0.179 e. The molecule has 2 aromatic rings. The van der Waals surface area contributed by atoms with Crippen LogP contribution < -0.4 is 5.32 Å². The number of nitrogens with one attached hydrogen (secondary N) is 1. The third-order valence-corrected chi connectivity index (χ3v) is 2.22. The zero-order valence-electron chi connectivity index (χ0n) is 9.87. The fourth-order valence-electron chi connectivity index (χ4n) is 1.38. The van der Waals surface area contributed by atoms with Crippen LogP contribution in [0.2, 0.25) is 0 Å². The van der Waals surface area contributed by atoms with Crippen LogP contribution in [0.15, 0.2) is 12.3 Å². The summed E-state index contributed by atoms with van der Waals surface area (Å²) in [6, 6.07) is 1.86. The molecule has 0 bridgehead atoms. The van der Waals surface area contributed by atoms with Crippen LogP contribution in [0, 0.1) is 0 Å². The SMILES string of the molecule is COCCNCc1nnnn1-c1ccn(C)n1. The molecule has 8 heteroatoms. The van der Waals surface area contributed by atoms with Gasteiger partial charge in [0.25, 0.3) is 0 Å². The van der Waals surface area contributed by atoms with E-state index in [1.807, 2.05) is 19.3 Å². The lowest BCUT2D eigenvalue weighted by Crippen LogP contribution is -2.21. The molecule has 8 nitrogen and oxygen atoms in total. The van der Waals surface area contributed by atoms with Crippen molar-refractivity contribution in [3.63, 3.8) is 0 Å². The number of tetrazole rings is 1. The maximum absolute atomic E-state index is 4.94. The number of methoxy groups -OCH3 is 1. The van der Waals surface area contributed by atoms with E-state index < -0.39 is 0 Å². The molecule has 0 aromatic carbocycles. The first-order valence-electron chi connectivity index (χ1n) is 5.28. The zero-order valence-corrected chi connectivity index (χ0v) is 9.87. The summed E-state index contributed by atoms with van der Waals surface area (Å²) >= 11 is 0. The summed E-state index contributed by atoms with van der Waals surface area (Å²) in [7, 11) is 3.52. The minimum Gasteiger partial charge on any atom is -0.383 e. The Kier molecular flexibility index (Phi) is 3.78. The fraction of sp³-hybridized carbons (Fsp3) is 0.556. The van der Waals surface area contributed by atoms with Gasteiger partial charge in [-0.15, -0.1) is 5.10 Å². The summed E-state index contributed by atoms with van der Waals surface area (Å²) in [5, 5.41) is 18.9. The Labute approximate surface area is 98.6 Å². The highest BCUT2D eigenvalue weighted by Gasteiger charge is 2.09. The lowest BCUT2D eigenvalue weighted by atomic mass is 10.5. The van der Waals surface area contributed by atoms with Gasteiger partial charge in [0.15, 0.2) is 11.6 Å². The van der Waals surface area contributed by atoms with Crippen molar-refractivity contribution in [2.45, 2.75) is 6.54 Å². The lowest BCUT2D eigenvalue weighted by molar-refractivity contribution is 0.199. The van der Waals surface area contributed by atoms with Crippen LogP contribution in [0.25, 0.3) is 5.82 Å². The van der Waals surface area contributed by atoms with Gasteiger partial charge in [-0.25, -0.2) is 0 Å². The smallest absolute Gasteiger partial charge is 0.179 e. The van der Waals surface area contributed by atoms with E-state index in [1.165, 1.54) is 0 Å². The molecule has 0 saturated carbocycles. The van der Waals surface area contributed by atoms with Gasteiger partial charge >= 0.3 is 0 Å². The molecule has 92 valence electrons. The van der Waals surface area contributed by atoms with Crippen molar-refractivity contribution in [1.29, 1.82) is 0 Å². The van der Waals surface area contributed by atoms with Crippen LogP contribution in [0.3, 0.4) is 0 Å². The van der Waals surface area contributed by atoms with E-state index in [4.69, 9.17) is 4.74 Å². The molecule has 0 aliphatic rings. The minimum absolute atomic E-state index is 0.576. The second-order valence-electron chi connectivity index (χ2n) is 3.52. The van der Waals surface area contributed by atoms with Crippen molar-refractivity contribution in [3.05, 3.63) is 18.1 Å². The van der Waals surface area contributed by atoms with Gasteiger partial charge < -0.3 is 10.1 Å². The summed E-state index contributed by atoms with van der Waals surface area (Å²) in [6.45, 7) is 1.99. The van der Waals surface area contributed by atoms with Crippen LogP contribution in [0.4, 0.5) is 0 Å². The molecule has 0 radical (unpaired) electrons. The lowest BCUT2D eigenvalue weighted by Gasteiger charge is -2.03. The van der Waals surface area contributed by atoms with Gasteiger partial charge in [0, 0.05) is 33.0 Å². The number of aromatic nitrogens is 6. The molecule has 2 rings (SSSR count). The van der Waals surface area contributed by atoms with Gasteiger partial charge in [-0.2, -0.15) is 9.78 Å². The first-order chi connectivity index (χ1) is 8.31. The van der Waals surface area contributed by atoms with E-state index in [0.29, 0.717) is 19.0 Å². The molecule has 2 heterocycles. The van der Waals surface area contributed by atoms with Gasteiger partial charge in [0.1, 0.15) is 0 Å². The highest BCUT2D eigenvalue weighted by molar-refractivity contribution is 5.18. The molecule has 0 unspecified atom stereocenters. The number of hydrogen-bond donors (Lipinski definition) is 1. The first-order valence-corrected chi connectivity index (χ1v) is 5.28. The molecular formula is C9H15N7O. The van der Waals surface area contributed by atoms with Crippen LogP contribution >= 0.6 is 0 Å². The van der Waals surface area contributed by atoms with Gasteiger partial charge in [0.05, 0.1) is 13.2 Å². The Morgan fingerprint density at radius 1 is 1.47 bits per heavy atom. The van der Waals surface area contributed by atoms with Crippen molar-refractivity contribution in [2.24, 2.45) is 7.05 Å². The van der Waals surface area contributed by atoms with E-state index in [0.717, 1.165) is 12.4 Å². The molecule has 0 fully saturated rings. The molecule has 0 aliphatic heterocycles. The van der Waals surface area contributed by atoms with E-state index in [9.17, 15) is 0 Å². The second-order valence-corrected chi connectivity index (χ2v) is 3.52. The predicted molar refractivity (Wildman–Crippen MR) is 59.5 cm³/mol. The number of ether oxygens (including phenoxy) is 1. The van der Waals surface area contributed by atoms with E-state index in [-0.39, 0.29) is 0 Å². The molecule has 2 aromatic heterocycles. The zero-order chi connectivity index (χ0) is 12.1. The number of rotatable bonds is 6. The molecule has 1 N–H and O–H groups in total. The molecule has 0 atom stereocenters. The van der Waals surface area contributed by atoms with E-state index in [1.54, 1.807) is 16.5 Å². The Bertz CT molecular complexity index is 463. The highest BCUT2D eigenvalue weighted by atomic mass is 16.5. The summed E-state index contributed by atoms with van der Waals surface area (Å²) in [5.74, 6) is 1.43. The van der Waals surface area contributed by atoms with Crippen molar-refractivity contribution < 1.29 is 4.74 Å². The van der Waals surface area contributed by atoms with Crippen molar-refractivity contribution in [1.82, 2.24) is 35.3 Å². The quantitative estimate of drug-likeness (QED) is 0.658. The number of nitrogens with zero attached hydrogens (tertiary/aromatic N) is 6. The van der Waals surface area contributed by atoms with Crippen molar-refractivity contribution in [3.8, 4) is 5.82 Å². The first kappa shape index (κ1) is 11.7. The molecule has 0 saturated heterocycles. The Hall–Kier alpha value is -1.80. The van der Waals surface area contributed by atoms with E-state index in [2.05, 4.69) is 25.9 Å². The standard InChI is InChI=1S/C9H15N7O/c1-15-5-3-8(12-15)16-9(11-13-14-16)7-10-4-6-17-2/h3,5,10H,4,6-7H2,1-2H3. The Balaban J connectivity index is 2.02. The van der Waals surface area contributed by atoms with Crippen molar-refractivity contribution in [2.75, 3.05) is 20.3 Å². The average Bonchev–Trinajstić information content (AvgIpc) is 2.93. The molecular weight excluding hydrogens is 222 g/mol. The largest absolute Gasteiger partial charge is 0.383 e. The summed E-state index contributed by atoms with van der Waals surface area (Å²) in [6.07, 6.45) is 1.85. The van der Waals surface area contributed by atoms with Crippen LogP contribution in [0.5, 0.6) is 0 Å². The molecule has 17 heavy (non-hydrogen) atoms. The average molecular weight is 237 g/mol. The van der Waals surface area contributed by atoms with Gasteiger partial charge in [-0.3, -0.25) is 4.68 Å². The van der Waals surface area contributed by atoms with Crippen molar-refractivity contribution >= 4 is 0 Å². The Morgan fingerprint density at radius 2 is 2.35 bits per heavy atom. The minimum atomic E-state index is 0.576. The van der Waals surface area contributed by atoms with Crippen LogP contribution in [-0.2, 0) is 18.3 Å². The molecule has 0 spiro atoms. The van der Waals surface area contributed by atoms with Crippen LogP contribution in [0.1, 0.15) is 5.82 Å². The summed E-state index contributed by atoms with van der Waals surface area (Å²) in [5.41, 5.74) is 0. The molecule has 0 aliphatic carbocycles. The normalized spacial score (nSPS) is 10.9. The van der Waals surface area contributed by atoms with Gasteiger partial charge in [-0.1, -0.05) is 0 Å². The Morgan fingerprint density at radius 3 is 3.06 bits per heavy atom. The fourth-order valence-corrected chi connectivity index (χ4v) is 1.38. The van der Waals surface area contributed by atoms with Crippen LogP contribution in [-0.4, -0.2) is 50.2 Å². The molecule has 0 amide bonds.